The number of carbonyl (C=O) groups excluding carboxylic acids is 2. The summed E-state index contributed by atoms with van der Waals surface area (Å²) in [4.78, 5) is 30.1. The van der Waals surface area contributed by atoms with Crippen LogP contribution in [0.15, 0.2) is 36.4 Å². The van der Waals surface area contributed by atoms with Crippen molar-refractivity contribution in [2.45, 2.75) is 70.6 Å². The van der Waals surface area contributed by atoms with Crippen molar-refractivity contribution < 1.29 is 19.8 Å². The second-order valence-corrected chi connectivity index (χ2v) is 12.6. The minimum atomic E-state index is -1.44. The van der Waals surface area contributed by atoms with E-state index < -0.39 is 12.1 Å². The third kappa shape index (κ3) is 6.41. The molecule has 5 N–H and O–H groups in total. The summed E-state index contributed by atoms with van der Waals surface area (Å²) in [7, 11) is 0. The number of fused-ring (bicyclic) bond motifs is 1. The number of carbonyl (C=O) groups is 2. The number of aliphatic hydroxyl groups is 2. The zero-order valence-corrected chi connectivity index (χ0v) is 25.0. The largest absolute Gasteiger partial charge is 0.374 e. The van der Waals surface area contributed by atoms with Crippen molar-refractivity contribution in [3.63, 3.8) is 0 Å². The molecule has 4 atom stereocenters. The summed E-state index contributed by atoms with van der Waals surface area (Å²) in [6.45, 7) is 7.45. The van der Waals surface area contributed by atoms with Crippen LogP contribution in [-0.4, -0.2) is 64.5 Å². The van der Waals surface area contributed by atoms with Crippen LogP contribution in [0.5, 0.6) is 0 Å². The van der Waals surface area contributed by atoms with Crippen LogP contribution in [0.1, 0.15) is 74.2 Å². The van der Waals surface area contributed by atoms with Gasteiger partial charge in [-0.1, -0.05) is 17.7 Å². The van der Waals surface area contributed by atoms with E-state index in [1.807, 2.05) is 24.8 Å². The molecule has 11 heteroatoms. The van der Waals surface area contributed by atoms with Gasteiger partial charge in [-0.25, -0.2) is 0 Å². The predicted molar refractivity (Wildman–Crippen MR) is 161 cm³/mol. The molecule has 1 saturated heterocycles. The predicted octanol–water partition coefficient (Wildman–Crippen LogP) is 3.55. The molecule has 2 amide bonds. The Morgan fingerprint density at radius 2 is 1.98 bits per heavy atom. The number of nitrogens with one attached hydrogen (secondary N) is 3. The van der Waals surface area contributed by atoms with Gasteiger partial charge in [-0.05, 0) is 87.4 Å². The number of amides is 2. The first kappa shape index (κ1) is 30.3. The minimum absolute atomic E-state index is 0.0350. The highest BCUT2D eigenvalue weighted by Crippen LogP contribution is 2.41. The van der Waals surface area contributed by atoms with Gasteiger partial charge >= 0.3 is 0 Å². The van der Waals surface area contributed by atoms with E-state index in [0.29, 0.717) is 60.0 Å². The number of hydrogen-bond acceptors (Lipinski definition) is 8. The Hall–Kier alpha value is -3.20. The molecule has 2 heterocycles. The van der Waals surface area contributed by atoms with E-state index in [-0.39, 0.29) is 41.3 Å². The van der Waals surface area contributed by atoms with Crippen molar-refractivity contribution in [1.29, 1.82) is 5.26 Å². The zero-order chi connectivity index (χ0) is 30.2. The minimum Gasteiger partial charge on any atom is -0.374 e. The maximum absolute atomic E-state index is 13.6. The molecule has 2 aromatic rings. The molecule has 10 nitrogen and oxygen atoms in total. The fourth-order valence-corrected chi connectivity index (χ4v) is 6.40. The summed E-state index contributed by atoms with van der Waals surface area (Å²) >= 11 is 6.12. The number of aliphatic hydroxyl groups excluding tert-OH is 1. The summed E-state index contributed by atoms with van der Waals surface area (Å²) in [5.74, 6) is -1.39. The third-order valence-electron chi connectivity index (χ3n) is 8.38. The van der Waals surface area contributed by atoms with Crippen LogP contribution in [-0.2, 0) is 4.79 Å². The standard InChI is InChI=1S/C31H39ClN6O4/c1-18(2)38-27-9-8-23(13-25(27)30(41)37(31(38,3)42)17-19-4-5-19)35-28(39)11-20-10-24(16-34-15-20)36-29(40)21-6-7-22(14-33)26(32)12-21/h6-9,12-13,18-20,24,29,34,36,40,42H,4-5,10-11,15-17H2,1-3H3,(H,35,39)/t20-,24-,29?,31?/m0/s1. The average molecular weight is 595 g/mol. The maximum Gasteiger partial charge on any atom is 0.259 e. The second-order valence-electron chi connectivity index (χ2n) is 12.2. The monoisotopic (exact) mass is 594 g/mol. The van der Waals surface area contributed by atoms with Crippen LogP contribution < -0.4 is 20.9 Å². The Labute approximate surface area is 251 Å². The lowest BCUT2D eigenvalue weighted by molar-refractivity contribution is -0.117. The Bertz CT molecular complexity index is 1390. The van der Waals surface area contributed by atoms with Gasteiger partial charge in [0.1, 0.15) is 12.3 Å². The van der Waals surface area contributed by atoms with E-state index in [1.165, 1.54) is 0 Å². The van der Waals surface area contributed by atoms with Crippen molar-refractivity contribution in [3.05, 3.63) is 58.1 Å². The molecule has 0 aromatic heterocycles. The first-order valence-corrected chi connectivity index (χ1v) is 15.0. The van der Waals surface area contributed by atoms with Gasteiger partial charge in [0.2, 0.25) is 11.8 Å². The van der Waals surface area contributed by atoms with Crippen LogP contribution >= 0.6 is 11.6 Å². The molecule has 2 aliphatic heterocycles. The van der Waals surface area contributed by atoms with E-state index in [9.17, 15) is 19.8 Å². The summed E-state index contributed by atoms with van der Waals surface area (Å²) in [6, 6.07) is 12.0. The van der Waals surface area contributed by atoms with E-state index in [2.05, 4.69) is 16.0 Å². The average Bonchev–Trinajstić information content (AvgIpc) is 3.75. The molecule has 3 aliphatic rings. The normalized spacial score (nSPS) is 24.8. The summed E-state index contributed by atoms with van der Waals surface area (Å²) in [5.41, 5.74) is 2.57. The van der Waals surface area contributed by atoms with Crippen molar-refractivity contribution in [2.24, 2.45) is 11.8 Å². The van der Waals surface area contributed by atoms with E-state index in [0.717, 1.165) is 12.8 Å². The SMILES string of the molecule is CC(C)N1c2ccc(NC(=O)C[C@H]3CNC[C@@H](NC(O)c4ccc(C#N)c(Cl)c4)C3)cc2C(=O)N(CC2CC2)C1(C)O. The van der Waals surface area contributed by atoms with Gasteiger partial charge < -0.3 is 25.7 Å². The van der Waals surface area contributed by atoms with E-state index >= 15 is 0 Å². The van der Waals surface area contributed by atoms with Crippen LogP contribution in [0.4, 0.5) is 11.4 Å². The number of hydrogen-bond donors (Lipinski definition) is 5. The van der Waals surface area contributed by atoms with Gasteiger partial charge in [0.15, 0.2) is 0 Å². The molecule has 1 saturated carbocycles. The lowest BCUT2D eigenvalue weighted by atomic mass is 9.92. The fourth-order valence-electron chi connectivity index (χ4n) is 6.17. The van der Waals surface area contributed by atoms with Crippen LogP contribution in [0.2, 0.25) is 5.02 Å². The zero-order valence-electron chi connectivity index (χ0n) is 24.2. The molecular formula is C31H39ClN6O4. The van der Waals surface area contributed by atoms with Gasteiger partial charge in [0.25, 0.3) is 5.91 Å². The molecule has 1 aliphatic carbocycles. The number of benzene rings is 2. The topological polar surface area (TPSA) is 141 Å². The Kier molecular flexibility index (Phi) is 8.78. The first-order valence-electron chi connectivity index (χ1n) is 14.6. The van der Waals surface area contributed by atoms with Gasteiger partial charge in [-0.2, -0.15) is 5.26 Å². The Morgan fingerprint density at radius 3 is 2.64 bits per heavy atom. The maximum atomic E-state index is 13.6. The highest BCUT2D eigenvalue weighted by Gasteiger charge is 2.48. The van der Waals surface area contributed by atoms with Gasteiger partial charge in [0.05, 0.1) is 21.8 Å². The molecule has 42 heavy (non-hydrogen) atoms. The van der Waals surface area contributed by atoms with Crippen molar-refractivity contribution in [2.75, 3.05) is 29.9 Å². The van der Waals surface area contributed by atoms with Crippen LogP contribution in [0, 0.1) is 23.2 Å². The van der Waals surface area contributed by atoms with Crippen molar-refractivity contribution >= 4 is 34.8 Å². The molecule has 0 spiro atoms. The van der Waals surface area contributed by atoms with Crippen molar-refractivity contribution in [3.8, 4) is 6.07 Å². The quantitative estimate of drug-likeness (QED) is 0.278. The van der Waals surface area contributed by atoms with Gasteiger partial charge in [-0.15, -0.1) is 0 Å². The summed E-state index contributed by atoms with van der Waals surface area (Å²) in [6.07, 6.45) is 2.10. The van der Waals surface area contributed by atoms with E-state index in [1.54, 1.807) is 48.2 Å². The number of nitriles is 1. The first-order chi connectivity index (χ1) is 20.0. The van der Waals surface area contributed by atoms with Gasteiger partial charge in [-0.3, -0.25) is 19.8 Å². The molecular weight excluding hydrogens is 556 g/mol. The third-order valence-corrected chi connectivity index (χ3v) is 8.69. The number of piperidine rings is 1. The number of halogens is 1. The molecule has 0 bridgehead atoms. The molecule has 5 rings (SSSR count). The molecule has 2 unspecified atom stereocenters. The smallest absolute Gasteiger partial charge is 0.259 e. The number of rotatable bonds is 9. The molecule has 2 fully saturated rings. The Balaban J connectivity index is 1.22. The number of anilines is 2. The van der Waals surface area contributed by atoms with Gasteiger partial charge in [0, 0.05) is 44.2 Å². The highest BCUT2D eigenvalue weighted by atomic mass is 35.5. The Morgan fingerprint density at radius 1 is 1.21 bits per heavy atom. The summed E-state index contributed by atoms with van der Waals surface area (Å²) < 4.78 is 0. The lowest BCUT2D eigenvalue weighted by Gasteiger charge is -2.51. The highest BCUT2D eigenvalue weighted by molar-refractivity contribution is 6.31. The van der Waals surface area contributed by atoms with Crippen LogP contribution in [0.3, 0.4) is 0 Å². The summed E-state index contributed by atoms with van der Waals surface area (Å²) in [5, 5.41) is 41.0. The fraction of sp³-hybridized carbons (Fsp3) is 0.516. The lowest BCUT2D eigenvalue weighted by Crippen LogP contribution is -2.66. The van der Waals surface area contributed by atoms with E-state index in [4.69, 9.17) is 16.9 Å². The second kappa shape index (κ2) is 12.2. The molecule has 224 valence electrons. The van der Waals surface area contributed by atoms with Crippen molar-refractivity contribution in [1.82, 2.24) is 15.5 Å². The molecule has 0 radical (unpaired) electrons. The molecule has 2 aromatic carbocycles. The van der Waals surface area contributed by atoms with Crippen LogP contribution in [0.25, 0.3) is 0 Å². The number of nitrogens with zero attached hydrogens (tertiary/aromatic N) is 3.